The highest BCUT2D eigenvalue weighted by atomic mass is 19.4. The summed E-state index contributed by atoms with van der Waals surface area (Å²) in [7, 11) is 0. The Morgan fingerprint density at radius 3 is 2.48 bits per heavy atom. The summed E-state index contributed by atoms with van der Waals surface area (Å²) in [4.78, 5) is 7.93. The number of hydrogen-bond acceptors (Lipinski definition) is 4. The van der Waals surface area contributed by atoms with Crippen molar-refractivity contribution >= 4 is 17.0 Å². The number of fused-ring (bicyclic) bond motifs is 1. The van der Waals surface area contributed by atoms with Crippen molar-refractivity contribution in [2.24, 2.45) is 0 Å². The largest absolute Gasteiger partial charge is 0.416 e. The molecule has 0 aliphatic heterocycles. The van der Waals surface area contributed by atoms with Crippen LogP contribution in [-0.4, -0.2) is 19.7 Å². The van der Waals surface area contributed by atoms with Crippen molar-refractivity contribution < 1.29 is 13.2 Å². The van der Waals surface area contributed by atoms with Crippen molar-refractivity contribution in [2.75, 3.05) is 5.73 Å². The lowest BCUT2D eigenvalue weighted by Crippen LogP contribution is -2.07. The number of halogens is 3. The molecule has 0 aliphatic rings. The highest BCUT2D eigenvalue weighted by Gasteiger charge is 2.29. The number of aromatic nitrogens is 4. The molecule has 0 spiro atoms. The molecule has 108 valence electrons. The summed E-state index contributed by atoms with van der Waals surface area (Å²) in [5, 5.41) is 4.86. The van der Waals surface area contributed by atoms with E-state index >= 15 is 0 Å². The van der Waals surface area contributed by atoms with Crippen LogP contribution in [0.5, 0.6) is 0 Å². The Morgan fingerprint density at radius 1 is 1.10 bits per heavy atom. The highest BCUT2D eigenvalue weighted by molar-refractivity contribution is 5.74. The normalized spacial score (nSPS) is 12.0. The highest BCUT2D eigenvalue weighted by Crippen LogP contribution is 2.29. The number of rotatable bonds is 2. The van der Waals surface area contributed by atoms with Crippen molar-refractivity contribution in [3.63, 3.8) is 0 Å². The molecule has 21 heavy (non-hydrogen) atoms. The van der Waals surface area contributed by atoms with Gasteiger partial charge in [0.25, 0.3) is 0 Å². The third kappa shape index (κ3) is 2.64. The second-order valence-electron chi connectivity index (χ2n) is 4.50. The van der Waals surface area contributed by atoms with E-state index in [4.69, 9.17) is 5.73 Å². The number of nitrogens with two attached hydrogens (primary N) is 1. The number of nitrogens with zero attached hydrogens (tertiary/aromatic N) is 4. The van der Waals surface area contributed by atoms with Crippen LogP contribution in [0.25, 0.3) is 11.0 Å². The average Bonchev–Trinajstić information content (AvgIpc) is 2.81. The van der Waals surface area contributed by atoms with Crippen molar-refractivity contribution in [3.8, 4) is 0 Å². The summed E-state index contributed by atoms with van der Waals surface area (Å²) in [6.45, 7) is 0.304. The van der Waals surface area contributed by atoms with Crippen molar-refractivity contribution in [2.45, 2.75) is 12.7 Å². The Hall–Kier alpha value is -2.64. The molecule has 0 aliphatic carbocycles. The van der Waals surface area contributed by atoms with Gasteiger partial charge in [0.2, 0.25) is 5.95 Å². The van der Waals surface area contributed by atoms with E-state index in [2.05, 4.69) is 15.1 Å². The van der Waals surface area contributed by atoms with E-state index in [0.717, 1.165) is 17.5 Å². The minimum atomic E-state index is -4.33. The molecule has 0 saturated carbocycles. The first-order valence-electron chi connectivity index (χ1n) is 6.03. The molecular weight excluding hydrogens is 283 g/mol. The zero-order valence-electron chi connectivity index (χ0n) is 10.7. The molecule has 0 bridgehead atoms. The SMILES string of the molecule is Nc1ncc2cnn(Cc3ccc(C(F)(F)F)cc3)c2n1. The van der Waals surface area contributed by atoms with E-state index in [1.54, 1.807) is 17.1 Å². The Labute approximate surface area is 117 Å². The number of nitrogen functional groups attached to an aromatic ring is 1. The maximum Gasteiger partial charge on any atom is 0.416 e. The molecule has 0 atom stereocenters. The lowest BCUT2D eigenvalue weighted by atomic mass is 10.1. The number of alkyl halides is 3. The van der Waals surface area contributed by atoms with Crippen LogP contribution in [0.2, 0.25) is 0 Å². The number of hydrogen-bond donors (Lipinski definition) is 1. The molecule has 5 nitrogen and oxygen atoms in total. The zero-order chi connectivity index (χ0) is 15.0. The summed E-state index contributed by atoms with van der Waals surface area (Å²) in [6, 6.07) is 4.93. The summed E-state index contributed by atoms with van der Waals surface area (Å²) in [6.07, 6.45) is -1.20. The molecule has 0 fully saturated rings. The van der Waals surface area contributed by atoms with E-state index in [-0.39, 0.29) is 5.95 Å². The summed E-state index contributed by atoms with van der Waals surface area (Å²) in [5.41, 5.74) is 6.08. The molecule has 0 unspecified atom stereocenters. The van der Waals surface area contributed by atoms with E-state index in [1.807, 2.05) is 0 Å². The first kappa shape index (κ1) is 13.3. The number of anilines is 1. The van der Waals surface area contributed by atoms with Crippen LogP contribution in [0.1, 0.15) is 11.1 Å². The lowest BCUT2D eigenvalue weighted by Gasteiger charge is -2.08. The number of benzene rings is 1. The third-order valence-corrected chi connectivity index (χ3v) is 3.01. The molecule has 2 aromatic heterocycles. The fourth-order valence-electron chi connectivity index (χ4n) is 1.97. The van der Waals surface area contributed by atoms with Crippen molar-refractivity contribution in [1.29, 1.82) is 0 Å². The topological polar surface area (TPSA) is 69.6 Å². The maximum absolute atomic E-state index is 12.5. The van der Waals surface area contributed by atoms with Crippen LogP contribution in [0.4, 0.5) is 19.1 Å². The van der Waals surface area contributed by atoms with Crippen molar-refractivity contribution in [1.82, 2.24) is 19.7 Å². The van der Waals surface area contributed by atoms with Gasteiger partial charge in [0.1, 0.15) is 0 Å². The molecule has 0 radical (unpaired) electrons. The summed E-state index contributed by atoms with van der Waals surface area (Å²) in [5.74, 6) is 0.122. The first-order valence-corrected chi connectivity index (χ1v) is 6.03. The lowest BCUT2D eigenvalue weighted by molar-refractivity contribution is -0.137. The Morgan fingerprint density at radius 2 is 1.81 bits per heavy atom. The van der Waals surface area contributed by atoms with Gasteiger partial charge >= 0.3 is 6.18 Å². The van der Waals surface area contributed by atoms with Crippen LogP contribution >= 0.6 is 0 Å². The Balaban J connectivity index is 1.90. The van der Waals surface area contributed by atoms with Gasteiger partial charge in [-0.2, -0.15) is 23.3 Å². The monoisotopic (exact) mass is 293 g/mol. The van der Waals surface area contributed by atoms with Gasteiger partial charge in [-0.05, 0) is 17.7 Å². The first-order chi connectivity index (χ1) is 9.93. The van der Waals surface area contributed by atoms with Gasteiger partial charge in [0.05, 0.1) is 23.7 Å². The maximum atomic E-state index is 12.5. The van der Waals surface area contributed by atoms with E-state index in [1.165, 1.54) is 12.1 Å². The quantitative estimate of drug-likeness (QED) is 0.788. The van der Waals surface area contributed by atoms with Crippen LogP contribution < -0.4 is 5.73 Å². The van der Waals surface area contributed by atoms with E-state index in [9.17, 15) is 13.2 Å². The van der Waals surface area contributed by atoms with Crippen LogP contribution in [0.3, 0.4) is 0 Å². The minimum absolute atomic E-state index is 0.122. The van der Waals surface area contributed by atoms with Crippen LogP contribution in [0, 0.1) is 0 Å². The average molecular weight is 293 g/mol. The van der Waals surface area contributed by atoms with Crippen molar-refractivity contribution in [3.05, 3.63) is 47.8 Å². The zero-order valence-corrected chi connectivity index (χ0v) is 10.7. The molecule has 2 heterocycles. The van der Waals surface area contributed by atoms with Gasteiger partial charge in [0, 0.05) is 6.20 Å². The molecular formula is C13H10F3N5. The van der Waals surface area contributed by atoms with Gasteiger partial charge < -0.3 is 5.73 Å². The van der Waals surface area contributed by atoms with E-state index in [0.29, 0.717) is 17.8 Å². The Bertz CT molecular complexity index is 777. The predicted molar refractivity (Wildman–Crippen MR) is 70.3 cm³/mol. The van der Waals surface area contributed by atoms with Gasteiger partial charge in [-0.3, -0.25) is 0 Å². The molecule has 8 heteroatoms. The van der Waals surface area contributed by atoms with Gasteiger partial charge in [-0.15, -0.1) is 0 Å². The molecule has 0 amide bonds. The summed E-state index contributed by atoms with van der Waals surface area (Å²) < 4.78 is 39.1. The third-order valence-electron chi connectivity index (χ3n) is 3.01. The van der Waals surface area contributed by atoms with E-state index < -0.39 is 11.7 Å². The smallest absolute Gasteiger partial charge is 0.368 e. The van der Waals surface area contributed by atoms with Gasteiger partial charge in [0.15, 0.2) is 5.65 Å². The molecule has 2 N–H and O–H groups in total. The fourth-order valence-corrected chi connectivity index (χ4v) is 1.97. The second-order valence-corrected chi connectivity index (χ2v) is 4.50. The summed E-state index contributed by atoms with van der Waals surface area (Å²) >= 11 is 0. The van der Waals surface area contributed by atoms with Crippen LogP contribution in [-0.2, 0) is 12.7 Å². The molecule has 1 aromatic carbocycles. The van der Waals surface area contributed by atoms with Gasteiger partial charge in [-0.1, -0.05) is 12.1 Å². The molecule has 0 saturated heterocycles. The second kappa shape index (κ2) is 4.72. The van der Waals surface area contributed by atoms with Crippen LogP contribution in [0.15, 0.2) is 36.7 Å². The standard InChI is InChI=1S/C13H10F3N5/c14-13(15,16)10-3-1-8(2-4-10)7-21-11-9(6-19-21)5-18-12(17)20-11/h1-6H,7H2,(H2,17,18,20). The molecule has 3 aromatic rings. The Kier molecular flexibility index (Phi) is 3.00. The predicted octanol–water partition coefficient (Wildman–Crippen LogP) is 2.48. The minimum Gasteiger partial charge on any atom is -0.368 e. The molecule has 3 rings (SSSR count). The fraction of sp³-hybridized carbons (Fsp3) is 0.154. The van der Waals surface area contributed by atoms with Gasteiger partial charge in [-0.25, -0.2) is 9.67 Å².